The fourth-order valence-corrected chi connectivity index (χ4v) is 6.30. The van der Waals surface area contributed by atoms with E-state index in [4.69, 9.17) is 0 Å². The van der Waals surface area contributed by atoms with E-state index >= 15 is 0 Å². The summed E-state index contributed by atoms with van der Waals surface area (Å²) in [6, 6.07) is 0. The molecule has 0 aliphatic heterocycles. The van der Waals surface area contributed by atoms with Crippen molar-refractivity contribution in [3.05, 3.63) is 24.3 Å². The first kappa shape index (κ1) is 47.0. The summed E-state index contributed by atoms with van der Waals surface area (Å²) in [5.41, 5.74) is 0. The zero-order chi connectivity index (χ0) is 33.3. The summed E-state index contributed by atoms with van der Waals surface area (Å²) in [4.78, 5) is 26.5. The normalized spacial score (nSPS) is 11.8. The van der Waals surface area contributed by atoms with Crippen LogP contribution in [0.2, 0.25) is 0 Å². The highest BCUT2D eigenvalue weighted by Gasteiger charge is 2.35. The lowest BCUT2D eigenvalue weighted by molar-refractivity contribution is -0.978. The van der Waals surface area contributed by atoms with Crippen molar-refractivity contribution in [2.45, 2.75) is 207 Å². The fourth-order valence-electron chi connectivity index (χ4n) is 6.30. The van der Waals surface area contributed by atoms with Crippen LogP contribution in [-0.2, 0) is 9.59 Å². The number of allylic oxidation sites excluding steroid dienone is 4. The molecule has 0 aliphatic rings. The van der Waals surface area contributed by atoms with Crippen molar-refractivity contribution in [2.75, 3.05) is 20.6 Å². The second-order valence-corrected chi connectivity index (χ2v) is 14.1. The maximum atomic E-state index is 13.3. The Morgan fingerprint density at radius 2 is 0.717 bits per heavy atom. The van der Waals surface area contributed by atoms with Crippen molar-refractivity contribution in [1.29, 1.82) is 0 Å². The molecule has 0 atom stereocenters. The minimum absolute atomic E-state index is 0. The largest absolute Gasteiger partial charge is 1.00 e. The van der Waals surface area contributed by atoms with Crippen molar-refractivity contribution in [2.24, 2.45) is 0 Å². The molecule has 46 heavy (non-hydrogen) atoms. The zero-order valence-corrected chi connectivity index (χ0v) is 32.4. The highest BCUT2D eigenvalue weighted by molar-refractivity contribution is 5.93. The number of amides is 2. The van der Waals surface area contributed by atoms with Crippen LogP contribution < -0.4 is 12.4 Å². The van der Waals surface area contributed by atoms with Crippen molar-refractivity contribution in [3.8, 4) is 0 Å². The van der Waals surface area contributed by atoms with Gasteiger partial charge in [0.1, 0.15) is 6.54 Å². The van der Waals surface area contributed by atoms with Crippen LogP contribution in [0.1, 0.15) is 207 Å². The molecule has 0 aromatic rings. The third-order valence-corrected chi connectivity index (χ3v) is 9.09. The Bertz CT molecular complexity index is 682. The van der Waals surface area contributed by atoms with Crippen LogP contribution in [0.15, 0.2) is 24.3 Å². The Hall–Kier alpha value is -1.13. The van der Waals surface area contributed by atoms with Gasteiger partial charge in [0.15, 0.2) is 0 Å². The molecule has 0 saturated carbocycles. The number of rotatable bonds is 33. The number of imide groups is 1. The first-order valence-corrected chi connectivity index (χ1v) is 19.9. The number of carbonyl (C=O) groups is 2. The van der Waals surface area contributed by atoms with Crippen LogP contribution in [0.25, 0.3) is 0 Å². The second kappa shape index (κ2) is 35.2. The van der Waals surface area contributed by atoms with Crippen LogP contribution in [0, 0.1) is 0 Å². The zero-order valence-electron chi connectivity index (χ0n) is 31.6. The first-order chi connectivity index (χ1) is 21.9. The predicted molar refractivity (Wildman–Crippen MR) is 198 cm³/mol. The van der Waals surface area contributed by atoms with E-state index < -0.39 is 0 Å². The molecule has 0 aromatic carbocycles. The Labute approximate surface area is 294 Å². The smallest absolute Gasteiger partial charge is 0.276 e. The van der Waals surface area contributed by atoms with Crippen LogP contribution in [-0.4, -0.2) is 42.1 Å². The molecule has 2 amide bonds. The number of hydrogen-bond donors (Lipinski definition) is 0. The third-order valence-electron chi connectivity index (χ3n) is 9.09. The van der Waals surface area contributed by atoms with Crippen molar-refractivity contribution in [3.63, 3.8) is 0 Å². The standard InChI is InChI=1S/C41H79N2O2.ClH/c1-6-9-11-13-15-17-19-21-23-25-27-29-31-33-35-37-40(44)42(43(4,5)39-8-3)41(45)38-36-34-32-30-28-26-24-22-20-18-16-14-12-10-7-2;/h21-24H,6-20,25-39H2,1-5H3;1H/q+1;/p-1/b23-21-,24-22-;. The van der Waals surface area contributed by atoms with E-state index in [9.17, 15) is 9.59 Å². The Kier molecular flexibility index (Phi) is 35.9. The summed E-state index contributed by atoms with van der Waals surface area (Å²) >= 11 is 0. The van der Waals surface area contributed by atoms with Gasteiger partial charge in [-0.1, -0.05) is 148 Å². The average molecular weight is 668 g/mol. The van der Waals surface area contributed by atoms with Gasteiger partial charge in [0.25, 0.3) is 11.8 Å². The number of halogens is 1. The predicted octanol–water partition coefficient (Wildman–Crippen LogP) is 9.82. The lowest BCUT2D eigenvalue weighted by Crippen LogP contribution is -3.00. The van der Waals surface area contributed by atoms with E-state index in [1.165, 1.54) is 141 Å². The van der Waals surface area contributed by atoms with Gasteiger partial charge in [-0.2, -0.15) is 0 Å². The maximum absolute atomic E-state index is 13.3. The molecule has 0 heterocycles. The van der Waals surface area contributed by atoms with Crippen LogP contribution in [0.4, 0.5) is 0 Å². The molecular formula is C41H79ClN2O2. The summed E-state index contributed by atoms with van der Waals surface area (Å²) in [5, 5.41) is 1.59. The van der Waals surface area contributed by atoms with Crippen molar-refractivity contribution >= 4 is 11.8 Å². The van der Waals surface area contributed by atoms with Crippen molar-refractivity contribution < 1.29 is 26.6 Å². The molecule has 0 spiro atoms. The number of quaternary nitrogens is 1. The van der Waals surface area contributed by atoms with Crippen LogP contribution in [0.5, 0.6) is 0 Å². The topological polar surface area (TPSA) is 37.4 Å². The molecule has 0 radical (unpaired) electrons. The molecule has 0 bridgehead atoms. The third kappa shape index (κ3) is 29.0. The highest BCUT2D eigenvalue weighted by atomic mass is 35.5. The molecular weight excluding hydrogens is 588 g/mol. The molecule has 272 valence electrons. The van der Waals surface area contributed by atoms with Crippen LogP contribution in [0.3, 0.4) is 0 Å². The molecule has 4 nitrogen and oxygen atoms in total. The summed E-state index contributed by atoms with van der Waals surface area (Å²) in [6.45, 7) is 7.47. The number of carbonyl (C=O) groups excluding carboxylic acids is 2. The minimum atomic E-state index is 0. The van der Waals surface area contributed by atoms with Gasteiger partial charge < -0.3 is 12.4 Å². The van der Waals surface area contributed by atoms with Gasteiger partial charge in [0.05, 0.1) is 14.1 Å². The second-order valence-electron chi connectivity index (χ2n) is 14.1. The Balaban J connectivity index is 0. The van der Waals surface area contributed by atoms with Gasteiger partial charge in [0.2, 0.25) is 0 Å². The average Bonchev–Trinajstić information content (AvgIpc) is 3.01. The lowest BCUT2D eigenvalue weighted by Gasteiger charge is -2.38. The summed E-state index contributed by atoms with van der Waals surface area (Å²) in [6.07, 6.45) is 43.8. The van der Waals surface area contributed by atoms with Gasteiger partial charge in [-0.15, -0.1) is 5.01 Å². The summed E-state index contributed by atoms with van der Waals surface area (Å²) in [7, 11) is 4.03. The Morgan fingerprint density at radius 1 is 0.435 bits per heavy atom. The van der Waals surface area contributed by atoms with E-state index in [1.807, 2.05) is 14.1 Å². The van der Waals surface area contributed by atoms with Gasteiger partial charge in [-0.05, 0) is 70.6 Å². The number of unbranched alkanes of at least 4 members (excludes halogenated alkanes) is 22. The summed E-state index contributed by atoms with van der Waals surface area (Å²) in [5.74, 6) is 0.0349. The quantitative estimate of drug-likeness (QED) is 0.0303. The molecule has 0 aliphatic carbocycles. The number of hydrogen-bond acceptors (Lipinski definition) is 2. The lowest BCUT2D eigenvalue weighted by atomic mass is 10.1. The van der Waals surface area contributed by atoms with E-state index in [2.05, 4.69) is 45.1 Å². The van der Waals surface area contributed by atoms with E-state index in [1.54, 1.807) is 5.01 Å². The fraction of sp³-hybridized carbons (Fsp3) is 0.854. The number of nitrogens with zero attached hydrogens (tertiary/aromatic N) is 2. The van der Waals surface area contributed by atoms with Crippen LogP contribution >= 0.6 is 0 Å². The van der Waals surface area contributed by atoms with E-state index in [-0.39, 0.29) is 24.2 Å². The molecule has 0 rings (SSSR count). The molecule has 0 unspecified atom stereocenters. The monoisotopic (exact) mass is 667 g/mol. The van der Waals surface area contributed by atoms with Gasteiger partial charge in [0, 0.05) is 12.8 Å². The van der Waals surface area contributed by atoms with Gasteiger partial charge in [-0.25, -0.2) is 4.59 Å². The highest BCUT2D eigenvalue weighted by Crippen LogP contribution is 2.17. The molecule has 0 fully saturated rings. The van der Waals surface area contributed by atoms with E-state index in [0.29, 0.717) is 17.4 Å². The van der Waals surface area contributed by atoms with Crippen molar-refractivity contribution in [1.82, 2.24) is 5.01 Å². The first-order valence-electron chi connectivity index (χ1n) is 19.9. The molecule has 0 aromatic heterocycles. The SMILES string of the molecule is CCCCCCCC/C=C\CCCCCCCC(=O)N(C(=O)CCCCCCC/C=C\CCCCCCCC)[N+](C)(C)CCC.[Cl-]. The molecule has 0 N–H and O–H groups in total. The van der Waals surface area contributed by atoms with Gasteiger partial charge >= 0.3 is 0 Å². The van der Waals surface area contributed by atoms with E-state index in [0.717, 1.165) is 38.6 Å². The molecule has 0 saturated heterocycles. The Morgan fingerprint density at radius 3 is 1.02 bits per heavy atom. The molecule has 5 heteroatoms. The minimum Gasteiger partial charge on any atom is -1.00 e. The maximum Gasteiger partial charge on any atom is 0.276 e. The van der Waals surface area contributed by atoms with Gasteiger partial charge in [-0.3, -0.25) is 9.59 Å². The summed E-state index contributed by atoms with van der Waals surface area (Å²) < 4.78 is 0.352.